The van der Waals surface area contributed by atoms with Gasteiger partial charge in [-0.2, -0.15) is 0 Å². The highest BCUT2D eigenvalue weighted by molar-refractivity contribution is 5.47. The van der Waals surface area contributed by atoms with Gasteiger partial charge in [0.25, 0.3) is 0 Å². The number of pyridine rings is 1. The summed E-state index contributed by atoms with van der Waals surface area (Å²) in [6.45, 7) is 0. The molecule has 1 saturated carbocycles. The van der Waals surface area contributed by atoms with Gasteiger partial charge < -0.3 is 5.43 Å². The van der Waals surface area contributed by atoms with E-state index in [4.69, 9.17) is 0 Å². The number of nitrogens with one attached hydrogen (secondary N) is 1. The molecule has 1 aliphatic heterocycles. The molecule has 90 valence electrons. The fraction of sp³-hybridized carbons (Fsp3) is 0.500. The zero-order chi connectivity index (χ0) is 11.5. The lowest BCUT2D eigenvalue weighted by molar-refractivity contribution is 0.323. The number of rotatable bonds is 2. The number of hydrogen-bond acceptors (Lipinski definition) is 3. The van der Waals surface area contributed by atoms with E-state index in [2.05, 4.69) is 33.8 Å². The van der Waals surface area contributed by atoms with Crippen LogP contribution in [0.5, 0.6) is 0 Å². The predicted molar refractivity (Wildman–Crippen MR) is 69.4 cm³/mol. The average molecular weight is 229 g/mol. The fourth-order valence-corrected chi connectivity index (χ4v) is 2.98. The molecule has 0 radical (unpaired) electrons. The van der Waals surface area contributed by atoms with Crippen molar-refractivity contribution in [1.29, 1.82) is 0 Å². The van der Waals surface area contributed by atoms with Gasteiger partial charge in [-0.3, -0.25) is 9.99 Å². The first-order chi connectivity index (χ1) is 8.45. The molecule has 0 spiro atoms. The van der Waals surface area contributed by atoms with Crippen LogP contribution in [0.3, 0.4) is 0 Å². The van der Waals surface area contributed by atoms with Crippen molar-refractivity contribution < 1.29 is 0 Å². The molecule has 1 atom stereocenters. The molecule has 1 N–H and O–H groups in total. The van der Waals surface area contributed by atoms with Gasteiger partial charge in [0, 0.05) is 12.4 Å². The predicted octanol–water partition coefficient (Wildman–Crippen LogP) is 2.87. The van der Waals surface area contributed by atoms with Gasteiger partial charge in [0.15, 0.2) is 0 Å². The first-order valence-electron chi connectivity index (χ1n) is 6.57. The monoisotopic (exact) mass is 229 g/mol. The van der Waals surface area contributed by atoms with Crippen LogP contribution in [0.15, 0.2) is 36.8 Å². The summed E-state index contributed by atoms with van der Waals surface area (Å²) in [5, 5.41) is 2.25. The van der Waals surface area contributed by atoms with Gasteiger partial charge in [-0.25, -0.2) is 0 Å². The van der Waals surface area contributed by atoms with E-state index in [0.29, 0.717) is 6.04 Å². The normalized spacial score (nSPS) is 24.9. The first-order valence-corrected chi connectivity index (χ1v) is 6.57. The Labute approximate surface area is 103 Å². The number of aromatic nitrogens is 1. The van der Waals surface area contributed by atoms with E-state index in [0.717, 1.165) is 11.6 Å². The van der Waals surface area contributed by atoms with E-state index in [9.17, 15) is 0 Å². The molecule has 3 heteroatoms. The van der Waals surface area contributed by atoms with Crippen LogP contribution in [0.4, 0.5) is 5.69 Å². The van der Waals surface area contributed by atoms with Crippen LogP contribution < -0.4 is 10.4 Å². The van der Waals surface area contributed by atoms with Gasteiger partial charge in [-0.05, 0) is 37.0 Å². The molecule has 17 heavy (non-hydrogen) atoms. The topological polar surface area (TPSA) is 28.2 Å². The minimum absolute atomic E-state index is 0.500. The van der Waals surface area contributed by atoms with E-state index in [-0.39, 0.29) is 0 Å². The summed E-state index contributed by atoms with van der Waals surface area (Å²) in [7, 11) is 0. The van der Waals surface area contributed by atoms with Gasteiger partial charge in [-0.1, -0.05) is 19.3 Å². The quantitative estimate of drug-likeness (QED) is 0.845. The van der Waals surface area contributed by atoms with E-state index >= 15 is 0 Å². The molecule has 0 aromatic carbocycles. The molecule has 2 heterocycles. The molecular weight excluding hydrogens is 210 g/mol. The number of hydrogen-bond donors (Lipinski definition) is 1. The van der Waals surface area contributed by atoms with Crippen LogP contribution >= 0.6 is 0 Å². The first kappa shape index (κ1) is 10.6. The molecule has 0 saturated heterocycles. The van der Waals surface area contributed by atoms with Crippen molar-refractivity contribution in [3.8, 4) is 0 Å². The lowest BCUT2D eigenvalue weighted by Crippen LogP contribution is -2.42. The highest BCUT2D eigenvalue weighted by Gasteiger charge is 2.29. The minimum atomic E-state index is 0.500. The van der Waals surface area contributed by atoms with Crippen molar-refractivity contribution in [2.75, 3.05) is 5.01 Å². The molecule has 1 aliphatic carbocycles. The van der Waals surface area contributed by atoms with Gasteiger partial charge in [0.2, 0.25) is 0 Å². The largest absolute Gasteiger partial charge is 0.305 e. The third kappa shape index (κ3) is 2.14. The Morgan fingerprint density at radius 2 is 2.12 bits per heavy atom. The highest BCUT2D eigenvalue weighted by atomic mass is 15.5. The molecule has 3 rings (SSSR count). The highest BCUT2D eigenvalue weighted by Crippen LogP contribution is 2.32. The second-order valence-corrected chi connectivity index (χ2v) is 4.96. The van der Waals surface area contributed by atoms with Crippen LogP contribution in [-0.4, -0.2) is 11.0 Å². The number of nitrogens with zero attached hydrogens (tertiary/aromatic N) is 2. The third-order valence-electron chi connectivity index (χ3n) is 3.86. The zero-order valence-electron chi connectivity index (χ0n) is 10.0. The smallest absolute Gasteiger partial charge is 0.0762 e. The maximum absolute atomic E-state index is 4.20. The Morgan fingerprint density at radius 3 is 2.88 bits per heavy atom. The molecule has 0 bridgehead atoms. The molecule has 0 amide bonds. The Hall–Kier alpha value is -1.51. The summed E-state index contributed by atoms with van der Waals surface area (Å²) in [6, 6.07) is 4.61. The van der Waals surface area contributed by atoms with Crippen LogP contribution in [0, 0.1) is 5.92 Å². The van der Waals surface area contributed by atoms with Gasteiger partial charge in [0.05, 0.1) is 17.9 Å². The van der Waals surface area contributed by atoms with Gasteiger partial charge >= 0.3 is 0 Å². The summed E-state index contributed by atoms with van der Waals surface area (Å²) in [4.78, 5) is 4.20. The van der Waals surface area contributed by atoms with Crippen molar-refractivity contribution in [3.63, 3.8) is 0 Å². The summed E-state index contributed by atoms with van der Waals surface area (Å²) >= 11 is 0. The zero-order valence-corrected chi connectivity index (χ0v) is 10.0. The maximum Gasteiger partial charge on any atom is 0.0762 e. The lowest BCUT2D eigenvalue weighted by Gasteiger charge is -2.34. The Morgan fingerprint density at radius 1 is 1.24 bits per heavy atom. The van der Waals surface area contributed by atoms with Crippen LogP contribution in [0.25, 0.3) is 0 Å². The molecule has 1 fully saturated rings. The van der Waals surface area contributed by atoms with Gasteiger partial charge in [-0.15, -0.1) is 0 Å². The second-order valence-electron chi connectivity index (χ2n) is 4.96. The van der Waals surface area contributed by atoms with Crippen molar-refractivity contribution in [2.45, 2.75) is 38.1 Å². The van der Waals surface area contributed by atoms with Crippen LogP contribution in [-0.2, 0) is 0 Å². The number of anilines is 1. The lowest BCUT2D eigenvalue weighted by atomic mass is 9.84. The molecule has 1 aromatic heterocycles. The minimum Gasteiger partial charge on any atom is -0.305 e. The summed E-state index contributed by atoms with van der Waals surface area (Å²) in [6.07, 6.45) is 15.0. The maximum atomic E-state index is 4.20. The number of hydrazine groups is 1. The van der Waals surface area contributed by atoms with Crippen molar-refractivity contribution in [1.82, 2.24) is 10.4 Å². The SMILES string of the molecule is C1=CC(C2CCCCC2)N(c2cccnc2)N1. The molecule has 1 unspecified atom stereocenters. The standard InChI is InChI=1S/C14H19N3/c1-2-5-12(6-3-1)14-8-10-16-17(14)13-7-4-9-15-11-13/h4,7-12,14,16H,1-3,5-6H2. The Kier molecular flexibility index (Phi) is 2.99. The molecule has 3 nitrogen and oxygen atoms in total. The molecular formula is C14H19N3. The summed E-state index contributed by atoms with van der Waals surface area (Å²) < 4.78 is 0. The summed E-state index contributed by atoms with van der Waals surface area (Å²) in [5.41, 5.74) is 4.49. The van der Waals surface area contributed by atoms with Crippen molar-refractivity contribution in [2.24, 2.45) is 5.92 Å². The molecule has 1 aromatic rings. The molecule has 2 aliphatic rings. The van der Waals surface area contributed by atoms with Gasteiger partial charge in [0.1, 0.15) is 0 Å². The van der Waals surface area contributed by atoms with E-state index in [1.165, 1.54) is 32.1 Å². The van der Waals surface area contributed by atoms with Crippen LogP contribution in [0.2, 0.25) is 0 Å². The third-order valence-corrected chi connectivity index (χ3v) is 3.86. The Bertz CT molecular complexity index is 382. The average Bonchev–Trinajstić information content (AvgIpc) is 2.90. The fourth-order valence-electron chi connectivity index (χ4n) is 2.98. The van der Waals surface area contributed by atoms with Crippen LogP contribution in [0.1, 0.15) is 32.1 Å². The van der Waals surface area contributed by atoms with E-state index < -0.39 is 0 Å². The van der Waals surface area contributed by atoms with Crippen molar-refractivity contribution >= 4 is 5.69 Å². The Balaban J connectivity index is 1.77. The second kappa shape index (κ2) is 4.78. The van der Waals surface area contributed by atoms with E-state index in [1.807, 2.05) is 18.5 Å². The van der Waals surface area contributed by atoms with E-state index in [1.54, 1.807) is 0 Å². The van der Waals surface area contributed by atoms with Crippen molar-refractivity contribution in [3.05, 3.63) is 36.8 Å². The summed E-state index contributed by atoms with van der Waals surface area (Å²) in [5.74, 6) is 0.787.